The third-order valence-electron chi connectivity index (χ3n) is 2.47. The van der Waals surface area contributed by atoms with Gasteiger partial charge in [0, 0.05) is 28.7 Å². The Labute approximate surface area is 80.6 Å². The molecule has 0 saturated heterocycles. The summed E-state index contributed by atoms with van der Waals surface area (Å²) in [5, 5.41) is 2.25. The standard InChI is InChI=1S/C11H9N3/c12-9-3-1-2-7-8-6-13-5-4-10(8)14-11(7)9/h1-6,14H,12H2. The summed E-state index contributed by atoms with van der Waals surface area (Å²) in [4.78, 5) is 7.39. The highest BCUT2D eigenvalue weighted by atomic mass is 14.8. The molecule has 0 aliphatic heterocycles. The number of anilines is 1. The third-order valence-corrected chi connectivity index (χ3v) is 2.47. The summed E-state index contributed by atoms with van der Waals surface area (Å²) in [6, 6.07) is 7.85. The van der Waals surface area contributed by atoms with Crippen molar-refractivity contribution < 1.29 is 0 Å². The number of rotatable bonds is 0. The number of hydrogen-bond acceptors (Lipinski definition) is 2. The minimum atomic E-state index is 0.777. The number of aromatic amines is 1. The fourth-order valence-corrected chi connectivity index (χ4v) is 1.79. The van der Waals surface area contributed by atoms with Gasteiger partial charge in [-0.25, -0.2) is 0 Å². The number of pyridine rings is 1. The number of hydrogen-bond donors (Lipinski definition) is 2. The molecule has 3 rings (SSSR count). The number of aromatic nitrogens is 2. The molecule has 0 aliphatic rings. The van der Waals surface area contributed by atoms with E-state index in [4.69, 9.17) is 5.73 Å². The lowest BCUT2D eigenvalue weighted by atomic mass is 10.2. The van der Waals surface area contributed by atoms with Gasteiger partial charge in [-0.05, 0) is 12.1 Å². The summed E-state index contributed by atoms with van der Waals surface area (Å²) in [5.41, 5.74) is 8.72. The molecule has 14 heavy (non-hydrogen) atoms. The van der Waals surface area contributed by atoms with Crippen LogP contribution in [0.2, 0.25) is 0 Å². The zero-order chi connectivity index (χ0) is 9.54. The highest BCUT2D eigenvalue weighted by molar-refractivity contribution is 6.10. The van der Waals surface area contributed by atoms with Crippen molar-refractivity contribution in [2.24, 2.45) is 0 Å². The average molecular weight is 183 g/mol. The summed E-state index contributed by atoms with van der Waals surface area (Å²) in [6.45, 7) is 0. The normalized spacial score (nSPS) is 11.1. The van der Waals surface area contributed by atoms with Crippen molar-refractivity contribution in [3.63, 3.8) is 0 Å². The first-order valence-electron chi connectivity index (χ1n) is 4.46. The van der Waals surface area contributed by atoms with E-state index in [1.54, 1.807) is 6.20 Å². The first-order valence-corrected chi connectivity index (χ1v) is 4.46. The van der Waals surface area contributed by atoms with Crippen LogP contribution in [0.25, 0.3) is 21.8 Å². The summed E-state index contributed by atoms with van der Waals surface area (Å²) in [6.07, 6.45) is 3.63. The van der Waals surface area contributed by atoms with Crippen LogP contribution in [-0.2, 0) is 0 Å². The number of H-pyrrole nitrogens is 1. The second-order valence-corrected chi connectivity index (χ2v) is 3.32. The van der Waals surface area contributed by atoms with Gasteiger partial charge >= 0.3 is 0 Å². The molecule has 3 aromatic rings. The first kappa shape index (κ1) is 7.38. The fourth-order valence-electron chi connectivity index (χ4n) is 1.79. The molecular weight excluding hydrogens is 174 g/mol. The SMILES string of the molecule is Nc1cccc2c1[nH]c1ccncc12. The van der Waals surface area contributed by atoms with E-state index in [1.807, 2.05) is 30.5 Å². The Bertz CT molecular complexity index is 610. The number of nitrogen functional groups attached to an aromatic ring is 1. The lowest BCUT2D eigenvalue weighted by Crippen LogP contribution is -1.84. The van der Waals surface area contributed by atoms with Crippen molar-refractivity contribution in [1.82, 2.24) is 9.97 Å². The van der Waals surface area contributed by atoms with E-state index in [0.717, 1.165) is 27.5 Å². The van der Waals surface area contributed by atoms with Gasteiger partial charge in [0.05, 0.1) is 11.2 Å². The van der Waals surface area contributed by atoms with Gasteiger partial charge in [-0.15, -0.1) is 0 Å². The van der Waals surface area contributed by atoms with E-state index in [0.29, 0.717) is 0 Å². The number of fused-ring (bicyclic) bond motifs is 3. The molecule has 0 bridgehead atoms. The predicted octanol–water partition coefficient (Wildman–Crippen LogP) is 2.30. The Morgan fingerprint density at radius 3 is 3.00 bits per heavy atom. The second-order valence-electron chi connectivity index (χ2n) is 3.32. The summed E-state index contributed by atoms with van der Waals surface area (Å²) in [7, 11) is 0. The van der Waals surface area contributed by atoms with E-state index >= 15 is 0 Å². The predicted molar refractivity (Wildman–Crippen MR) is 58.0 cm³/mol. The Morgan fingerprint density at radius 2 is 2.07 bits per heavy atom. The van der Waals surface area contributed by atoms with Crippen LogP contribution in [0.5, 0.6) is 0 Å². The molecule has 0 aliphatic carbocycles. The van der Waals surface area contributed by atoms with Crippen LogP contribution in [0, 0.1) is 0 Å². The van der Waals surface area contributed by atoms with Crippen LogP contribution in [-0.4, -0.2) is 9.97 Å². The highest BCUT2D eigenvalue weighted by Gasteiger charge is 2.04. The van der Waals surface area contributed by atoms with Crippen LogP contribution >= 0.6 is 0 Å². The summed E-state index contributed by atoms with van der Waals surface area (Å²) in [5.74, 6) is 0. The third kappa shape index (κ3) is 0.836. The molecule has 0 fully saturated rings. The molecule has 0 atom stereocenters. The molecule has 2 aromatic heterocycles. The topological polar surface area (TPSA) is 54.7 Å². The molecule has 3 nitrogen and oxygen atoms in total. The number of benzene rings is 1. The maximum Gasteiger partial charge on any atom is 0.0699 e. The fraction of sp³-hybridized carbons (Fsp3) is 0. The molecule has 3 heteroatoms. The van der Waals surface area contributed by atoms with Gasteiger partial charge in [0.2, 0.25) is 0 Å². The van der Waals surface area contributed by atoms with E-state index < -0.39 is 0 Å². The van der Waals surface area contributed by atoms with E-state index in [2.05, 4.69) is 9.97 Å². The second kappa shape index (κ2) is 2.48. The monoisotopic (exact) mass is 183 g/mol. The van der Waals surface area contributed by atoms with Crippen LogP contribution in [0.3, 0.4) is 0 Å². The van der Waals surface area contributed by atoms with Gasteiger partial charge < -0.3 is 10.7 Å². The maximum atomic E-state index is 5.87. The van der Waals surface area contributed by atoms with Crippen LogP contribution < -0.4 is 5.73 Å². The van der Waals surface area contributed by atoms with E-state index in [-0.39, 0.29) is 0 Å². The van der Waals surface area contributed by atoms with Crippen LogP contribution in [0.15, 0.2) is 36.7 Å². The lowest BCUT2D eigenvalue weighted by Gasteiger charge is -1.93. The van der Waals surface area contributed by atoms with Gasteiger partial charge in [0.25, 0.3) is 0 Å². The van der Waals surface area contributed by atoms with Crippen molar-refractivity contribution in [2.45, 2.75) is 0 Å². The molecule has 0 radical (unpaired) electrons. The molecule has 2 heterocycles. The van der Waals surface area contributed by atoms with Crippen LogP contribution in [0.1, 0.15) is 0 Å². The Kier molecular flexibility index (Phi) is 1.31. The molecule has 0 spiro atoms. The van der Waals surface area contributed by atoms with Crippen molar-refractivity contribution in [2.75, 3.05) is 5.73 Å². The Balaban J connectivity index is 2.63. The number of nitrogens with one attached hydrogen (secondary N) is 1. The van der Waals surface area contributed by atoms with E-state index in [1.165, 1.54) is 0 Å². The van der Waals surface area contributed by atoms with Gasteiger partial charge in [-0.2, -0.15) is 0 Å². The maximum absolute atomic E-state index is 5.87. The summed E-state index contributed by atoms with van der Waals surface area (Å²) < 4.78 is 0. The molecule has 0 amide bonds. The van der Waals surface area contributed by atoms with Crippen molar-refractivity contribution in [3.8, 4) is 0 Å². The molecule has 0 saturated carbocycles. The molecule has 0 unspecified atom stereocenters. The van der Waals surface area contributed by atoms with E-state index in [9.17, 15) is 0 Å². The molecule has 3 N–H and O–H groups in total. The minimum absolute atomic E-state index is 0.777. The molecular formula is C11H9N3. The largest absolute Gasteiger partial charge is 0.397 e. The number of para-hydroxylation sites is 1. The minimum Gasteiger partial charge on any atom is -0.397 e. The van der Waals surface area contributed by atoms with Gasteiger partial charge in [-0.1, -0.05) is 12.1 Å². The van der Waals surface area contributed by atoms with Crippen molar-refractivity contribution >= 4 is 27.5 Å². The highest BCUT2D eigenvalue weighted by Crippen LogP contribution is 2.27. The smallest absolute Gasteiger partial charge is 0.0699 e. The number of nitrogens with zero attached hydrogens (tertiary/aromatic N) is 1. The zero-order valence-corrected chi connectivity index (χ0v) is 7.49. The lowest BCUT2D eigenvalue weighted by molar-refractivity contribution is 1.36. The Hall–Kier alpha value is -2.03. The zero-order valence-electron chi connectivity index (χ0n) is 7.49. The van der Waals surface area contributed by atoms with Gasteiger partial charge in [0.1, 0.15) is 0 Å². The van der Waals surface area contributed by atoms with Gasteiger partial charge in [-0.3, -0.25) is 4.98 Å². The number of nitrogens with two attached hydrogens (primary N) is 1. The van der Waals surface area contributed by atoms with Crippen molar-refractivity contribution in [3.05, 3.63) is 36.7 Å². The first-order chi connectivity index (χ1) is 6.86. The quantitative estimate of drug-likeness (QED) is 0.525. The summed E-state index contributed by atoms with van der Waals surface area (Å²) >= 11 is 0. The van der Waals surface area contributed by atoms with Gasteiger partial charge in [0.15, 0.2) is 0 Å². The molecule has 1 aromatic carbocycles. The van der Waals surface area contributed by atoms with Crippen LogP contribution in [0.4, 0.5) is 5.69 Å². The van der Waals surface area contributed by atoms with Crippen molar-refractivity contribution in [1.29, 1.82) is 0 Å². The molecule has 68 valence electrons. The Morgan fingerprint density at radius 1 is 1.14 bits per heavy atom. The average Bonchev–Trinajstić information content (AvgIpc) is 2.59.